The van der Waals surface area contributed by atoms with Gasteiger partial charge >= 0.3 is 0 Å². The molecular formula is C15H13Cl2N3. The lowest BCUT2D eigenvalue weighted by atomic mass is 10.1. The highest BCUT2D eigenvalue weighted by atomic mass is 35.5. The Morgan fingerprint density at radius 2 is 1.90 bits per heavy atom. The topological polar surface area (TPSA) is 40.7 Å². The Balaban J connectivity index is 1.63. The average molecular weight is 306 g/mol. The number of H-pyrrole nitrogens is 1. The Labute approximate surface area is 126 Å². The molecule has 0 saturated carbocycles. The molecule has 2 aromatic carbocycles. The van der Waals surface area contributed by atoms with E-state index in [0.717, 1.165) is 35.5 Å². The van der Waals surface area contributed by atoms with E-state index in [4.69, 9.17) is 23.2 Å². The van der Waals surface area contributed by atoms with Gasteiger partial charge in [0.05, 0.1) is 21.1 Å². The van der Waals surface area contributed by atoms with Gasteiger partial charge in [-0.05, 0) is 36.2 Å². The number of hydrogen-bond donors (Lipinski definition) is 2. The number of halogens is 2. The lowest BCUT2D eigenvalue weighted by molar-refractivity contribution is 1.000. The molecule has 20 heavy (non-hydrogen) atoms. The van der Waals surface area contributed by atoms with Crippen LogP contribution in [0.3, 0.4) is 0 Å². The summed E-state index contributed by atoms with van der Waals surface area (Å²) < 4.78 is 0. The van der Waals surface area contributed by atoms with Crippen molar-refractivity contribution in [3.8, 4) is 0 Å². The molecule has 1 aromatic heterocycles. The van der Waals surface area contributed by atoms with Gasteiger partial charge in [-0.25, -0.2) is 4.98 Å². The minimum atomic E-state index is 0.584. The highest BCUT2D eigenvalue weighted by molar-refractivity contribution is 6.42. The zero-order valence-corrected chi connectivity index (χ0v) is 12.2. The molecule has 0 spiro atoms. The predicted molar refractivity (Wildman–Crippen MR) is 84.7 cm³/mol. The zero-order chi connectivity index (χ0) is 13.9. The summed E-state index contributed by atoms with van der Waals surface area (Å²) in [5, 5.41) is 4.45. The number of fused-ring (bicyclic) bond motifs is 1. The van der Waals surface area contributed by atoms with Gasteiger partial charge in [-0.2, -0.15) is 0 Å². The number of rotatable bonds is 4. The van der Waals surface area contributed by atoms with Crippen molar-refractivity contribution in [3.63, 3.8) is 0 Å². The quantitative estimate of drug-likeness (QED) is 0.744. The molecule has 0 aliphatic carbocycles. The van der Waals surface area contributed by atoms with Crippen molar-refractivity contribution in [1.29, 1.82) is 0 Å². The molecule has 3 nitrogen and oxygen atoms in total. The fourth-order valence-corrected chi connectivity index (χ4v) is 2.38. The van der Waals surface area contributed by atoms with Crippen LogP contribution in [0.5, 0.6) is 0 Å². The molecule has 0 amide bonds. The van der Waals surface area contributed by atoms with E-state index >= 15 is 0 Å². The van der Waals surface area contributed by atoms with Gasteiger partial charge in [0, 0.05) is 6.54 Å². The van der Waals surface area contributed by atoms with Crippen molar-refractivity contribution in [3.05, 3.63) is 58.1 Å². The monoisotopic (exact) mass is 305 g/mol. The van der Waals surface area contributed by atoms with Crippen molar-refractivity contribution >= 4 is 40.2 Å². The highest BCUT2D eigenvalue weighted by Crippen LogP contribution is 2.22. The molecule has 0 aliphatic heterocycles. The van der Waals surface area contributed by atoms with Crippen LogP contribution in [0.25, 0.3) is 11.0 Å². The third kappa shape index (κ3) is 2.89. The normalized spacial score (nSPS) is 10.9. The molecule has 0 fully saturated rings. The molecule has 1 heterocycles. The maximum atomic E-state index is 5.99. The summed E-state index contributed by atoms with van der Waals surface area (Å²) in [5.74, 6) is 0.784. The number of hydrogen-bond acceptors (Lipinski definition) is 2. The standard InChI is InChI=1S/C15H13Cl2N3/c16-11-6-5-10(9-12(11)17)7-8-18-15-19-13-3-1-2-4-14(13)20-15/h1-6,9H,7-8H2,(H2,18,19,20). The van der Waals surface area contributed by atoms with Crippen LogP contribution in [0.15, 0.2) is 42.5 Å². The molecule has 3 aromatic rings. The van der Waals surface area contributed by atoms with E-state index in [9.17, 15) is 0 Å². The first kappa shape index (κ1) is 13.3. The summed E-state index contributed by atoms with van der Waals surface area (Å²) >= 11 is 11.9. The van der Waals surface area contributed by atoms with Gasteiger partial charge in [-0.3, -0.25) is 0 Å². The maximum Gasteiger partial charge on any atom is 0.201 e. The molecular weight excluding hydrogens is 293 g/mol. The molecule has 0 radical (unpaired) electrons. The second-order valence-corrected chi connectivity index (χ2v) is 5.34. The van der Waals surface area contributed by atoms with Gasteiger partial charge in [0.25, 0.3) is 0 Å². The fourth-order valence-electron chi connectivity index (χ4n) is 2.06. The van der Waals surface area contributed by atoms with Gasteiger partial charge in [-0.15, -0.1) is 0 Å². The molecule has 0 bridgehead atoms. The van der Waals surface area contributed by atoms with Gasteiger partial charge in [0.2, 0.25) is 5.95 Å². The van der Waals surface area contributed by atoms with Crippen LogP contribution >= 0.6 is 23.2 Å². The summed E-state index contributed by atoms with van der Waals surface area (Å²) in [4.78, 5) is 7.69. The summed E-state index contributed by atoms with van der Waals surface area (Å²) in [6.45, 7) is 0.776. The average Bonchev–Trinajstić information content (AvgIpc) is 2.85. The van der Waals surface area contributed by atoms with Crippen molar-refractivity contribution < 1.29 is 0 Å². The number of benzene rings is 2. The smallest absolute Gasteiger partial charge is 0.201 e. The SMILES string of the molecule is Clc1ccc(CCNc2nc3ccccc3[nH]2)cc1Cl. The third-order valence-electron chi connectivity index (χ3n) is 3.08. The van der Waals surface area contributed by atoms with E-state index in [1.54, 1.807) is 0 Å². The lowest BCUT2D eigenvalue weighted by Crippen LogP contribution is -2.05. The number of anilines is 1. The number of aromatic amines is 1. The van der Waals surface area contributed by atoms with E-state index in [0.29, 0.717) is 10.0 Å². The summed E-state index contributed by atoms with van der Waals surface area (Å²) in [6, 6.07) is 13.6. The minimum absolute atomic E-state index is 0.584. The van der Waals surface area contributed by atoms with E-state index in [1.165, 1.54) is 0 Å². The van der Waals surface area contributed by atoms with Gasteiger partial charge in [0.15, 0.2) is 0 Å². The van der Waals surface area contributed by atoms with E-state index in [2.05, 4.69) is 15.3 Å². The van der Waals surface area contributed by atoms with Crippen molar-refractivity contribution in [2.24, 2.45) is 0 Å². The van der Waals surface area contributed by atoms with E-state index in [1.807, 2.05) is 42.5 Å². The van der Waals surface area contributed by atoms with Gasteiger partial charge in [0.1, 0.15) is 0 Å². The molecule has 2 N–H and O–H groups in total. The Morgan fingerprint density at radius 3 is 2.70 bits per heavy atom. The van der Waals surface area contributed by atoms with Crippen molar-refractivity contribution in [1.82, 2.24) is 9.97 Å². The number of nitrogens with one attached hydrogen (secondary N) is 2. The van der Waals surface area contributed by atoms with Crippen LogP contribution in [0.2, 0.25) is 10.0 Å². The molecule has 0 atom stereocenters. The fraction of sp³-hybridized carbons (Fsp3) is 0.133. The first-order valence-corrected chi connectivity index (χ1v) is 7.10. The molecule has 102 valence electrons. The molecule has 0 aliphatic rings. The van der Waals surface area contributed by atoms with Crippen LogP contribution in [-0.2, 0) is 6.42 Å². The van der Waals surface area contributed by atoms with E-state index < -0.39 is 0 Å². The van der Waals surface area contributed by atoms with Crippen LogP contribution in [0.4, 0.5) is 5.95 Å². The highest BCUT2D eigenvalue weighted by Gasteiger charge is 2.02. The van der Waals surface area contributed by atoms with E-state index in [-0.39, 0.29) is 0 Å². The van der Waals surface area contributed by atoms with Gasteiger partial charge in [-0.1, -0.05) is 41.4 Å². The zero-order valence-electron chi connectivity index (χ0n) is 10.7. The Kier molecular flexibility index (Phi) is 3.81. The number of nitrogens with zero attached hydrogens (tertiary/aromatic N) is 1. The number of aromatic nitrogens is 2. The van der Waals surface area contributed by atoms with Crippen molar-refractivity contribution in [2.75, 3.05) is 11.9 Å². The number of para-hydroxylation sites is 2. The second kappa shape index (κ2) is 5.73. The maximum absolute atomic E-state index is 5.99. The van der Waals surface area contributed by atoms with Gasteiger partial charge < -0.3 is 10.3 Å². The molecule has 3 rings (SSSR count). The van der Waals surface area contributed by atoms with Crippen LogP contribution in [0.1, 0.15) is 5.56 Å². The lowest BCUT2D eigenvalue weighted by Gasteiger charge is -2.04. The summed E-state index contributed by atoms with van der Waals surface area (Å²) in [7, 11) is 0. The summed E-state index contributed by atoms with van der Waals surface area (Å²) in [6.07, 6.45) is 0.855. The summed E-state index contributed by atoms with van der Waals surface area (Å²) in [5.41, 5.74) is 3.14. The van der Waals surface area contributed by atoms with Crippen molar-refractivity contribution in [2.45, 2.75) is 6.42 Å². The van der Waals surface area contributed by atoms with Crippen LogP contribution < -0.4 is 5.32 Å². The predicted octanol–water partition coefficient (Wildman–Crippen LogP) is 4.52. The minimum Gasteiger partial charge on any atom is -0.355 e. The first-order chi connectivity index (χ1) is 9.72. The van der Waals surface area contributed by atoms with Crippen LogP contribution in [-0.4, -0.2) is 16.5 Å². The third-order valence-corrected chi connectivity index (χ3v) is 3.82. The Bertz CT molecular complexity index is 704. The number of imidazole rings is 1. The largest absolute Gasteiger partial charge is 0.355 e. The molecule has 5 heteroatoms. The first-order valence-electron chi connectivity index (χ1n) is 6.35. The Hall–Kier alpha value is -1.71. The van der Waals surface area contributed by atoms with Crippen LogP contribution in [0, 0.1) is 0 Å². The molecule has 0 saturated heterocycles. The molecule has 0 unspecified atom stereocenters. The second-order valence-electron chi connectivity index (χ2n) is 4.53. The Morgan fingerprint density at radius 1 is 1.05 bits per heavy atom.